The van der Waals surface area contributed by atoms with Crippen molar-refractivity contribution in [2.24, 2.45) is 5.92 Å². The van der Waals surface area contributed by atoms with E-state index in [1.807, 2.05) is 18.2 Å². The summed E-state index contributed by atoms with van der Waals surface area (Å²) in [5.74, 6) is 0.879. The first-order valence-electron chi connectivity index (χ1n) is 11.7. The molecule has 4 saturated heterocycles. The van der Waals surface area contributed by atoms with Crippen LogP contribution in [-0.4, -0.2) is 62.8 Å². The molecule has 6 nitrogen and oxygen atoms in total. The van der Waals surface area contributed by atoms with Gasteiger partial charge in [0.25, 0.3) is 5.91 Å². The third kappa shape index (κ3) is 4.23. The summed E-state index contributed by atoms with van der Waals surface area (Å²) in [5, 5.41) is 4.21. The summed E-state index contributed by atoms with van der Waals surface area (Å²) in [6.45, 7) is 6.50. The number of rotatable bonds is 4. The molecule has 4 aliphatic rings. The predicted molar refractivity (Wildman–Crippen MR) is 132 cm³/mol. The number of hydrogen-bond donors (Lipinski definition) is 1. The van der Waals surface area contributed by atoms with E-state index in [9.17, 15) is 4.79 Å². The van der Waals surface area contributed by atoms with Crippen LogP contribution < -0.4 is 10.2 Å². The van der Waals surface area contributed by atoms with E-state index in [2.05, 4.69) is 45.4 Å². The lowest BCUT2D eigenvalue weighted by Crippen LogP contribution is -2.57. The molecule has 1 atom stereocenters. The zero-order valence-electron chi connectivity index (χ0n) is 18.7. The zero-order valence-corrected chi connectivity index (χ0v) is 19.5. The molecule has 174 valence electrons. The van der Waals surface area contributed by atoms with Crippen molar-refractivity contribution in [3.05, 3.63) is 54.3 Å². The Kier molecular flexibility index (Phi) is 6.32. The van der Waals surface area contributed by atoms with Crippen LogP contribution in [0.5, 0.6) is 0 Å². The number of fused-ring (bicyclic) bond motifs is 4. The van der Waals surface area contributed by atoms with Gasteiger partial charge in [0.05, 0.1) is 13.2 Å². The number of furan rings is 1. The molecule has 0 radical (unpaired) electrons. The van der Waals surface area contributed by atoms with E-state index < -0.39 is 0 Å². The Balaban J connectivity index is 0.00000228. The SMILES string of the molecule is Cl.O=C(N[C@H]1CN2CCC1CC2)c1cc2cccc(-c3ccccc3N3CCOCC3)c2o1. The lowest BCUT2D eigenvalue weighted by atomic mass is 9.84. The van der Waals surface area contributed by atoms with E-state index in [0.29, 0.717) is 11.7 Å². The number of carbonyl (C=O) groups is 1. The van der Waals surface area contributed by atoms with Crippen LogP contribution >= 0.6 is 12.4 Å². The molecule has 4 aliphatic heterocycles. The van der Waals surface area contributed by atoms with Crippen molar-refractivity contribution in [3.63, 3.8) is 0 Å². The van der Waals surface area contributed by atoms with Crippen LogP contribution in [-0.2, 0) is 4.74 Å². The predicted octanol–water partition coefficient (Wildman–Crippen LogP) is 4.18. The molecule has 7 heteroatoms. The van der Waals surface area contributed by atoms with Crippen LogP contribution in [0.25, 0.3) is 22.1 Å². The van der Waals surface area contributed by atoms with Gasteiger partial charge in [-0.2, -0.15) is 0 Å². The van der Waals surface area contributed by atoms with E-state index in [1.165, 1.54) is 18.5 Å². The van der Waals surface area contributed by atoms with Crippen LogP contribution in [0.2, 0.25) is 0 Å². The third-order valence-corrected chi connectivity index (χ3v) is 7.29. The highest BCUT2D eigenvalue weighted by Crippen LogP contribution is 2.37. The maximum atomic E-state index is 13.1. The molecule has 33 heavy (non-hydrogen) atoms. The molecule has 5 heterocycles. The zero-order chi connectivity index (χ0) is 21.5. The number of para-hydroxylation sites is 2. The van der Waals surface area contributed by atoms with E-state index in [0.717, 1.165) is 68.0 Å². The van der Waals surface area contributed by atoms with Crippen LogP contribution in [0.4, 0.5) is 5.69 Å². The van der Waals surface area contributed by atoms with E-state index in [4.69, 9.17) is 9.15 Å². The summed E-state index contributed by atoms with van der Waals surface area (Å²) in [4.78, 5) is 17.9. The molecule has 1 N–H and O–H groups in total. The van der Waals surface area contributed by atoms with Gasteiger partial charge in [-0.1, -0.05) is 36.4 Å². The Morgan fingerprint density at radius 2 is 1.70 bits per heavy atom. The fourth-order valence-corrected chi connectivity index (χ4v) is 5.54. The van der Waals surface area contributed by atoms with Crippen molar-refractivity contribution in [2.75, 3.05) is 50.8 Å². The molecular formula is C26H30ClN3O3. The lowest BCUT2D eigenvalue weighted by Gasteiger charge is -2.44. The number of ether oxygens (including phenoxy) is 1. The minimum absolute atomic E-state index is 0. The maximum Gasteiger partial charge on any atom is 0.287 e. The van der Waals surface area contributed by atoms with Crippen LogP contribution in [0.15, 0.2) is 52.9 Å². The molecule has 0 saturated carbocycles. The van der Waals surface area contributed by atoms with Gasteiger partial charge >= 0.3 is 0 Å². The normalized spacial score (nSPS) is 24.5. The molecule has 4 fully saturated rings. The number of nitrogens with one attached hydrogen (secondary N) is 1. The number of morpholine rings is 1. The first-order valence-corrected chi connectivity index (χ1v) is 11.7. The second-order valence-corrected chi connectivity index (χ2v) is 9.17. The second-order valence-electron chi connectivity index (χ2n) is 9.17. The smallest absolute Gasteiger partial charge is 0.287 e. The molecule has 0 aliphatic carbocycles. The molecule has 3 aromatic rings. The first kappa shape index (κ1) is 22.3. The Labute approximate surface area is 200 Å². The topological polar surface area (TPSA) is 58.0 Å². The van der Waals surface area contributed by atoms with Crippen molar-refractivity contribution in [1.82, 2.24) is 10.2 Å². The largest absolute Gasteiger partial charge is 0.450 e. The summed E-state index contributed by atoms with van der Waals surface area (Å²) in [7, 11) is 0. The number of hydrogen-bond acceptors (Lipinski definition) is 5. The standard InChI is InChI=1S/C26H29N3O3.ClH/c30-26(27-22-17-28-10-8-18(22)9-11-28)24-16-19-4-3-6-21(25(19)32-24)20-5-1-2-7-23(20)29-12-14-31-15-13-29;/h1-7,16,18,22H,8-15,17H2,(H,27,30);1H/t22-;/m0./s1. The number of halogens is 1. The Hall–Kier alpha value is -2.54. The van der Waals surface area contributed by atoms with Gasteiger partial charge in [-0.3, -0.25) is 4.79 Å². The maximum absolute atomic E-state index is 13.1. The van der Waals surface area contributed by atoms with Gasteiger partial charge < -0.3 is 24.3 Å². The highest BCUT2D eigenvalue weighted by molar-refractivity contribution is 6.01. The Bertz CT molecular complexity index is 1130. The molecule has 0 unspecified atom stereocenters. The number of benzene rings is 2. The van der Waals surface area contributed by atoms with Crippen molar-refractivity contribution >= 4 is 35.0 Å². The van der Waals surface area contributed by atoms with Gasteiger partial charge in [-0.15, -0.1) is 12.4 Å². The van der Waals surface area contributed by atoms with Gasteiger partial charge in [0.2, 0.25) is 0 Å². The Morgan fingerprint density at radius 1 is 0.939 bits per heavy atom. The highest BCUT2D eigenvalue weighted by Gasteiger charge is 2.35. The summed E-state index contributed by atoms with van der Waals surface area (Å²) >= 11 is 0. The van der Waals surface area contributed by atoms with E-state index in [-0.39, 0.29) is 24.4 Å². The summed E-state index contributed by atoms with van der Waals surface area (Å²) in [6.07, 6.45) is 2.35. The van der Waals surface area contributed by atoms with Crippen molar-refractivity contribution in [3.8, 4) is 11.1 Å². The second kappa shape index (κ2) is 9.37. The van der Waals surface area contributed by atoms with Crippen LogP contribution in [0.3, 0.4) is 0 Å². The third-order valence-electron chi connectivity index (χ3n) is 7.29. The summed E-state index contributed by atoms with van der Waals surface area (Å²) < 4.78 is 11.8. The quantitative estimate of drug-likeness (QED) is 0.623. The highest BCUT2D eigenvalue weighted by atomic mass is 35.5. The fourth-order valence-electron chi connectivity index (χ4n) is 5.54. The van der Waals surface area contributed by atoms with Gasteiger partial charge in [0.15, 0.2) is 5.76 Å². The monoisotopic (exact) mass is 467 g/mol. The number of nitrogens with zero attached hydrogens (tertiary/aromatic N) is 2. The van der Waals surface area contributed by atoms with Crippen LogP contribution in [0, 0.1) is 5.92 Å². The molecule has 1 aromatic heterocycles. The van der Waals surface area contributed by atoms with Gasteiger partial charge in [-0.05, 0) is 44.0 Å². The molecule has 0 spiro atoms. The van der Waals surface area contributed by atoms with Crippen molar-refractivity contribution < 1.29 is 13.9 Å². The average molecular weight is 468 g/mol. The molecule has 2 bridgehead atoms. The Morgan fingerprint density at radius 3 is 2.45 bits per heavy atom. The van der Waals surface area contributed by atoms with Gasteiger partial charge in [-0.25, -0.2) is 0 Å². The first-order chi connectivity index (χ1) is 15.8. The molecule has 1 amide bonds. The van der Waals surface area contributed by atoms with Crippen molar-refractivity contribution in [1.29, 1.82) is 0 Å². The van der Waals surface area contributed by atoms with E-state index >= 15 is 0 Å². The minimum atomic E-state index is -0.104. The number of piperidine rings is 3. The fraction of sp³-hybridized carbons (Fsp3) is 0.423. The van der Waals surface area contributed by atoms with Gasteiger partial charge in [0, 0.05) is 47.9 Å². The number of anilines is 1. The van der Waals surface area contributed by atoms with E-state index in [1.54, 1.807) is 0 Å². The van der Waals surface area contributed by atoms with Crippen LogP contribution in [0.1, 0.15) is 23.4 Å². The minimum Gasteiger partial charge on any atom is -0.450 e. The molecule has 2 aromatic carbocycles. The lowest BCUT2D eigenvalue weighted by molar-refractivity contribution is 0.0607. The van der Waals surface area contributed by atoms with Gasteiger partial charge in [0.1, 0.15) is 5.58 Å². The summed E-state index contributed by atoms with van der Waals surface area (Å²) in [5.41, 5.74) is 4.09. The van der Waals surface area contributed by atoms with Crippen molar-refractivity contribution in [2.45, 2.75) is 18.9 Å². The number of carbonyl (C=O) groups excluding carboxylic acids is 1. The number of amides is 1. The molecular weight excluding hydrogens is 438 g/mol. The average Bonchev–Trinajstić information content (AvgIpc) is 3.30. The molecule has 7 rings (SSSR count). The summed E-state index contributed by atoms with van der Waals surface area (Å²) in [6, 6.07) is 16.7.